The Hall–Kier alpha value is -0.900. The SMILES string of the molecule is COC(C)(C)CC(C)=C(F)C(=O)O. The first kappa shape index (κ1) is 12.1. The first-order valence-corrected chi connectivity index (χ1v) is 3.94. The zero-order chi connectivity index (χ0) is 10.6. The summed E-state index contributed by atoms with van der Waals surface area (Å²) in [6.45, 7) is 4.99. The molecule has 0 heterocycles. The fourth-order valence-electron chi connectivity index (χ4n) is 0.971. The van der Waals surface area contributed by atoms with Crippen molar-refractivity contribution in [3.63, 3.8) is 0 Å². The van der Waals surface area contributed by atoms with Crippen LogP contribution in [-0.2, 0) is 9.53 Å². The first-order chi connectivity index (χ1) is 5.80. The number of methoxy groups -OCH3 is 1. The van der Waals surface area contributed by atoms with Crippen molar-refractivity contribution in [3.05, 3.63) is 11.4 Å². The molecule has 0 atom stereocenters. The molecule has 0 aliphatic carbocycles. The van der Waals surface area contributed by atoms with Crippen molar-refractivity contribution in [3.8, 4) is 0 Å². The van der Waals surface area contributed by atoms with E-state index < -0.39 is 17.4 Å². The third-order valence-corrected chi connectivity index (χ3v) is 1.81. The Morgan fingerprint density at radius 2 is 2.00 bits per heavy atom. The third kappa shape index (κ3) is 4.03. The smallest absolute Gasteiger partial charge is 0.364 e. The van der Waals surface area contributed by atoms with Gasteiger partial charge in [0.2, 0.25) is 5.83 Å². The van der Waals surface area contributed by atoms with Crippen molar-refractivity contribution in [2.45, 2.75) is 32.8 Å². The van der Waals surface area contributed by atoms with Gasteiger partial charge in [0.25, 0.3) is 0 Å². The van der Waals surface area contributed by atoms with Crippen LogP contribution in [0.15, 0.2) is 11.4 Å². The molecule has 0 spiro atoms. The van der Waals surface area contributed by atoms with Gasteiger partial charge in [0, 0.05) is 7.11 Å². The molecule has 0 unspecified atom stereocenters. The van der Waals surface area contributed by atoms with E-state index in [1.54, 1.807) is 13.8 Å². The van der Waals surface area contributed by atoms with E-state index in [1.165, 1.54) is 14.0 Å². The molecule has 0 amide bonds. The summed E-state index contributed by atoms with van der Waals surface area (Å²) in [5.41, 5.74) is -0.337. The van der Waals surface area contributed by atoms with Gasteiger partial charge in [-0.15, -0.1) is 0 Å². The molecule has 3 nitrogen and oxygen atoms in total. The van der Waals surface area contributed by atoms with Gasteiger partial charge in [-0.3, -0.25) is 0 Å². The zero-order valence-corrected chi connectivity index (χ0v) is 8.35. The van der Waals surface area contributed by atoms with Crippen molar-refractivity contribution in [1.82, 2.24) is 0 Å². The highest BCUT2D eigenvalue weighted by molar-refractivity contribution is 5.84. The number of carbonyl (C=O) groups is 1. The monoisotopic (exact) mass is 190 g/mol. The Bertz CT molecular complexity index is 231. The van der Waals surface area contributed by atoms with Crippen LogP contribution in [0, 0.1) is 0 Å². The fourth-order valence-corrected chi connectivity index (χ4v) is 0.971. The molecule has 1 N–H and O–H groups in total. The molecule has 13 heavy (non-hydrogen) atoms. The lowest BCUT2D eigenvalue weighted by molar-refractivity contribution is -0.134. The van der Waals surface area contributed by atoms with Crippen LogP contribution in [0.1, 0.15) is 27.2 Å². The standard InChI is InChI=1S/C9H15FO3/c1-6(7(10)8(11)12)5-9(2,3)13-4/h5H2,1-4H3,(H,11,12). The summed E-state index contributed by atoms with van der Waals surface area (Å²) in [4.78, 5) is 10.2. The second-order valence-corrected chi connectivity index (χ2v) is 3.54. The second-order valence-electron chi connectivity index (χ2n) is 3.54. The third-order valence-electron chi connectivity index (χ3n) is 1.81. The number of carboxylic acids is 1. The average Bonchev–Trinajstić information content (AvgIpc) is 2.02. The Balaban J connectivity index is 4.54. The Morgan fingerprint density at radius 3 is 2.31 bits per heavy atom. The van der Waals surface area contributed by atoms with Gasteiger partial charge in [-0.1, -0.05) is 0 Å². The van der Waals surface area contributed by atoms with Crippen molar-refractivity contribution < 1.29 is 19.0 Å². The van der Waals surface area contributed by atoms with Crippen molar-refractivity contribution in [1.29, 1.82) is 0 Å². The molecule has 0 aliphatic heterocycles. The van der Waals surface area contributed by atoms with Gasteiger partial charge >= 0.3 is 5.97 Å². The van der Waals surface area contributed by atoms with Gasteiger partial charge in [0.05, 0.1) is 5.60 Å². The van der Waals surface area contributed by atoms with Gasteiger partial charge in [-0.2, -0.15) is 4.39 Å². The first-order valence-electron chi connectivity index (χ1n) is 3.94. The van der Waals surface area contributed by atoms with Crippen LogP contribution < -0.4 is 0 Å². The summed E-state index contributed by atoms with van der Waals surface area (Å²) in [6, 6.07) is 0. The number of aliphatic carboxylic acids is 1. The van der Waals surface area contributed by atoms with Crippen LogP contribution in [0.2, 0.25) is 0 Å². The van der Waals surface area contributed by atoms with E-state index in [2.05, 4.69) is 0 Å². The largest absolute Gasteiger partial charge is 0.476 e. The summed E-state index contributed by atoms with van der Waals surface area (Å²) >= 11 is 0. The topological polar surface area (TPSA) is 46.5 Å². The van der Waals surface area contributed by atoms with Crippen molar-refractivity contribution in [2.24, 2.45) is 0 Å². The summed E-state index contributed by atoms with van der Waals surface area (Å²) in [5.74, 6) is -2.62. The maximum absolute atomic E-state index is 12.8. The van der Waals surface area contributed by atoms with Gasteiger partial charge in [0.1, 0.15) is 0 Å². The van der Waals surface area contributed by atoms with Crippen LogP contribution in [0.25, 0.3) is 0 Å². The number of hydrogen-bond donors (Lipinski definition) is 1. The lowest BCUT2D eigenvalue weighted by Gasteiger charge is -2.22. The van der Waals surface area contributed by atoms with E-state index in [4.69, 9.17) is 9.84 Å². The highest BCUT2D eigenvalue weighted by atomic mass is 19.1. The Kier molecular flexibility index (Phi) is 4.07. The Labute approximate surface area is 77.2 Å². The molecule has 0 rings (SSSR count). The molecule has 76 valence electrons. The van der Waals surface area contributed by atoms with Gasteiger partial charge in [-0.05, 0) is 32.8 Å². The molecule has 0 bridgehead atoms. The van der Waals surface area contributed by atoms with Gasteiger partial charge in [0.15, 0.2) is 0 Å². The quantitative estimate of drug-likeness (QED) is 0.691. The fraction of sp³-hybridized carbons (Fsp3) is 0.667. The van der Waals surface area contributed by atoms with E-state index in [1.807, 2.05) is 0 Å². The van der Waals surface area contributed by atoms with E-state index >= 15 is 0 Å². The average molecular weight is 190 g/mol. The zero-order valence-electron chi connectivity index (χ0n) is 8.35. The second kappa shape index (κ2) is 4.37. The van der Waals surface area contributed by atoms with Crippen LogP contribution >= 0.6 is 0 Å². The number of carboxylic acid groups (broad SMARTS) is 1. The normalized spacial score (nSPS) is 13.9. The number of halogens is 1. The lowest BCUT2D eigenvalue weighted by atomic mass is 9.99. The van der Waals surface area contributed by atoms with Crippen molar-refractivity contribution in [2.75, 3.05) is 7.11 Å². The molecular formula is C9H15FO3. The van der Waals surface area contributed by atoms with Crippen LogP contribution in [0.5, 0.6) is 0 Å². The lowest BCUT2D eigenvalue weighted by Crippen LogP contribution is -2.23. The minimum absolute atomic E-state index is 0.194. The predicted octanol–water partition coefficient (Wildman–Crippen LogP) is 2.13. The minimum Gasteiger partial charge on any atom is -0.476 e. The Morgan fingerprint density at radius 1 is 1.54 bits per heavy atom. The molecule has 0 saturated carbocycles. The molecule has 0 radical (unpaired) electrons. The molecule has 0 aromatic rings. The molecule has 0 aliphatic rings. The van der Waals surface area contributed by atoms with E-state index in [-0.39, 0.29) is 12.0 Å². The molecule has 0 fully saturated rings. The molecule has 0 aromatic carbocycles. The van der Waals surface area contributed by atoms with E-state index in [9.17, 15) is 9.18 Å². The van der Waals surface area contributed by atoms with Crippen LogP contribution in [0.4, 0.5) is 4.39 Å². The summed E-state index contributed by atoms with van der Waals surface area (Å²) in [7, 11) is 1.51. The maximum Gasteiger partial charge on any atom is 0.364 e. The highest BCUT2D eigenvalue weighted by Crippen LogP contribution is 2.21. The summed E-state index contributed by atoms with van der Waals surface area (Å²) < 4.78 is 17.9. The summed E-state index contributed by atoms with van der Waals surface area (Å²) in [6.07, 6.45) is 0.266. The number of hydrogen-bond acceptors (Lipinski definition) is 2. The van der Waals surface area contributed by atoms with Crippen LogP contribution in [0.3, 0.4) is 0 Å². The van der Waals surface area contributed by atoms with E-state index in [0.717, 1.165) is 0 Å². The highest BCUT2D eigenvalue weighted by Gasteiger charge is 2.20. The van der Waals surface area contributed by atoms with Crippen molar-refractivity contribution >= 4 is 5.97 Å². The van der Waals surface area contributed by atoms with Crippen LogP contribution in [-0.4, -0.2) is 23.8 Å². The molecular weight excluding hydrogens is 175 g/mol. The molecule has 0 aromatic heterocycles. The van der Waals surface area contributed by atoms with Gasteiger partial charge in [-0.25, -0.2) is 4.79 Å². The van der Waals surface area contributed by atoms with Gasteiger partial charge < -0.3 is 9.84 Å². The molecule has 4 heteroatoms. The maximum atomic E-state index is 12.8. The minimum atomic E-state index is -1.52. The number of ether oxygens (including phenoxy) is 1. The number of rotatable bonds is 4. The molecule has 0 saturated heterocycles. The predicted molar refractivity (Wildman–Crippen MR) is 47.1 cm³/mol. The summed E-state index contributed by atoms with van der Waals surface area (Å²) in [5, 5.41) is 8.35. The van der Waals surface area contributed by atoms with E-state index in [0.29, 0.717) is 0 Å².